The molecule has 0 spiro atoms. The van der Waals surface area contributed by atoms with E-state index in [9.17, 15) is 9.90 Å². The quantitative estimate of drug-likeness (QED) is 0.613. The molecule has 86 valence electrons. The molecule has 1 rings (SSSR count). The molecular formula is C12H14ClNO2. The van der Waals surface area contributed by atoms with Crippen molar-refractivity contribution in [1.82, 2.24) is 0 Å². The first-order valence-electron chi connectivity index (χ1n) is 4.97. The summed E-state index contributed by atoms with van der Waals surface area (Å²) in [6, 6.07) is 7.32. The van der Waals surface area contributed by atoms with E-state index in [1.54, 1.807) is 12.1 Å². The first kappa shape index (κ1) is 12.6. The van der Waals surface area contributed by atoms with Gasteiger partial charge in [-0.05, 0) is 25.1 Å². The molecule has 16 heavy (non-hydrogen) atoms. The Balaban J connectivity index is 2.39. The second kappa shape index (κ2) is 6.18. The first-order chi connectivity index (χ1) is 7.58. The van der Waals surface area contributed by atoms with Crippen molar-refractivity contribution in [2.24, 2.45) is 0 Å². The molecule has 0 aromatic heterocycles. The topological polar surface area (TPSA) is 49.3 Å². The van der Waals surface area contributed by atoms with E-state index in [0.29, 0.717) is 18.0 Å². The third-order valence-corrected chi connectivity index (χ3v) is 2.14. The smallest absolute Gasteiger partial charge is 0.155 e. The molecule has 0 saturated heterocycles. The third kappa shape index (κ3) is 4.84. The number of nitrogens with one attached hydrogen (secondary N) is 1. The average molecular weight is 240 g/mol. The zero-order valence-corrected chi connectivity index (χ0v) is 9.79. The largest absolute Gasteiger partial charge is 0.512 e. The second-order valence-corrected chi connectivity index (χ2v) is 3.87. The Bertz CT molecular complexity index is 402. The Kier molecular flexibility index (Phi) is 4.86. The van der Waals surface area contributed by atoms with Crippen molar-refractivity contribution in [2.75, 3.05) is 11.9 Å². The maximum atomic E-state index is 10.7. The molecule has 0 fully saturated rings. The molecule has 0 saturated carbocycles. The predicted molar refractivity (Wildman–Crippen MR) is 66.0 cm³/mol. The van der Waals surface area contributed by atoms with E-state index in [0.717, 1.165) is 5.69 Å². The summed E-state index contributed by atoms with van der Waals surface area (Å²) in [4.78, 5) is 10.7. The fourth-order valence-electron chi connectivity index (χ4n) is 1.24. The monoisotopic (exact) mass is 239 g/mol. The van der Waals surface area contributed by atoms with Crippen LogP contribution in [-0.4, -0.2) is 17.4 Å². The van der Waals surface area contributed by atoms with E-state index in [-0.39, 0.29) is 11.5 Å². The van der Waals surface area contributed by atoms with Gasteiger partial charge < -0.3 is 10.4 Å². The molecule has 0 aliphatic rings. The molecule has 0 atom stereocenters. The molecule has 0 amide bonds. The van der Waals surface area contributed by atoms with E-state index in [2.05, 4.69) is 5.32 Å². The molecule has 2 N–H and O–H groups in total. The van der Waals surface area contributed by atoms with Gasteiger partial charge in [-0.1, -0.05) is 17.7 Å². The number of hydrogen-bond donors (Lipinski definition) is 2. The molecule has 0 unspecified atom stereocenters. The van der Waals surface area contributed by atoms with Gasteiger partial charge in [-0.15, -0.1) is 0 Å². The van der Waals surface area contributed by atoms with Crippen LogP contribution in [0.5, 0.6) is 0 Å². The molecule has 0 aliphatic heterocycles. The highest BCUT2D eigenvalue weighted by Crippen LogP contribution is 2.14. The van der Waals surface area contributed by atoms with Gasteiger partial charge in [-0.2, -0.15) is 0 Å². The third-order valence-electron chi connectivity index (χ3n) is 1.90. The molecule has 0 radical (unpaired) electrons. The Morgan fingerprint density at radius 3 is 2.94 bits per heavy atom. The Labute approximate surface area is 99.7 Å². The Morgan fingerprint density at radius 1 is 1.56 bits per heavy atom. The number of anilines is 1. The van der Waals surface area contributed by atoms with Crippen LogP contribution in [0, 0.1) is 0 Å². The van der Waals surface area contributed by atoms with E-state index in [4.69, 9.17) is 11.6 Å². The van der Waals surface area contributed by atoms with Crippen molar-refractivity contribution in [3.63, 3.8) is 0 Å². The van der Waals surface area contributed by atoms with Crippen LogP contribution < -0.4 is 5.32 Å². The van der Waals surface area contributed by atoms with Crippen LogP contribution >= 0.6 is 11.6 Å². The summed E-state index contributed by atoms with van der Waals surface area (Å²) in [5, 5.41) is 13.1. The van der Waals surface area contributed by atoms with E-state index in [1.165, 1.54) is 13.0 Å². The van der Waals surface area contributed by atoms with Crippen LogP contribution in [0.4, 0.5) is 5.69 Å². The highest BCUT2D eigenvalue weighted by atomic mass is 35.5. The van der Waals surface area contributed by atoms with E-state index >= 15 is 0 Å². The number of benzene rings is 1. The molecule has 0 heterocycles. The minimum absolute atomic E-state index is 0.0852. The first-order valence-corrected chi connectivity index (χ1v) is 5.35. The van der Waals surface area contributed by atoms with Crippen molar-refractivity contribution in [2.45, 2.75) is 13.3 Å². The Hall–Kier alpha value is -1.48. The van der Waals surface area contributed by atoms with Crippen molar-refractivity contribution < 1.29 is 9.90 Å². The number of aliphatic hydroxyl groups is 1. The normalized spacial score (nSPS) is 11.2. The van der Waals surface area contributed by atoms with Crippen LogP contribution in [0.25, 0.3) is 0 Å². The molecule has 0 aliphatic carbocycles. The molecule has 4 heteroatoms. The summed E-state index contributed by atoms with van der Waals surface area (Å²) < 4.78 is 0. The van der Waals surface area contributed by atoms with Crippen molar-refractivity contribution in [1.29, 1.82) is 0 Å². The lowest BCUT2D eigenvalue weighted by atomic mass is 10.2. The van der Waals surface area contributed by atoms with Crippen molar-refractivity contribution >= 4 is 23.1 Å². The van der Waals surface area contributed by atoms with Gasteiger partial charge in [0.2, 0.25) is 0 Å². The predicted octanol–water partition coefficient (Wildman–Crippen LogP) is 3.17. The summed E-state index contributed by atoms with van der Waals surface area (Å²) >= 11 is 5.81. The summed E-state index contributed by atoms with van der Waals surface area (Å²) in [5.74, 6) is -0.0673. The van der Waals surface area contributed by atoms with Gasteiger partial charge in [-0.25, -0.2) is 0 Å². The zero-order chi connectivity index (χ0) is 12.0. The fraction of sp³-hybridized carbons (Fsp3) is 0.250. The van der Waals surface area contributed by atoms with Gasteiger partial charge in [-0.3, -0.25) is 4.79 Å². The number of halogens is 1. The van der Waals surface area contributed by atoms with Crippen LogP contribution in [0.15, 0.2) is 36.1 Å². The van der Waals surface area contributed by atoms with Gasteiger partial charge in [0.25, 0.3) is 0 Å². The van der Waals surface area contributed by atoms with Crippen molar-refractivity contribution in [3.8, 4) is 0 Å². The lowest BCUT2D eigenvalue weighted by Crippen LogP contribution is -2.03. The summed E-state index contributed by atoms with van der Waals surface area (Å²) in [5.41, 5.74) is 0.892. The van der Waals surface area contributed by atoms with Gasteiger partial charge in [0.05, 0.1) is 5.76 Å². The molecular weight excluding hydrogens is 226 g/mol. The number of hydrogen-bond acceptors (Lipinski definition) is 3. The highest BCUT2D eigenvalue weighted by molar-refractivity contribution is 6.30. The van der Waals surface area contributed by atoms with E-state index < -0.39 is 0 Å². The fourth-order valence-corrected chi connectivity index (χ4v) is 1.43. The number of aliphatic hydroxyl groups excluding tert-OH is 1. The number of carbonyl (C=O) groups excluding carboxylic acids is 1. The summed E-state index contributed by atoms with van der Waals surface area (Å²) in [6.45, 7) is 1.95. The number of rotatable bonds is 5. The minimum atomic E-state index is -0.153. The zero-order valence-electron chi connectivity index (χ0n) is 9.03. The van der Waals surface area contributed by atoms with Gasteiger partial charge in [0.1, 0.15) is 0 Å². The van der Waals surface area contributed by atoms with Crippen LogP contribution in [-0.2, 0) is 4.79 Å². The number of allylic oxidation sites excluding steroid dienone is 1. The van der Waals surface area contributed by atoms with Gasteiger partial charge in [0.15, 0.2) is 5.78 Å². The standard InChI is InChI=1S/C12H14ClNO2/c1-9(15)7-12(16)5-6-14-11-4-2-3-10(13)8-11/h2-4,7-8,14,16H,5-6H2,1H3. The van der Waals surface area contributed by atoms with E-state index in [1.807, 2.05) is 12.1 Å². The number of carbonyl (C=O) groups is 1. The minimum Gasteiger partial charge on any atom is -0.512 e. The van der Waals surface area contributed by atoms with Crippen molar-refractivity contribution in [3.05, 3.63) is 41.1 Å². The van der Waals surface area contributed by atoms with Gasteiger partial charge >= 0.3 is 0 Å². The number of ketones is 1. The Morgan fingerprint density at radius 2 is 2.31 bits per heavy atom. The molecule has 1 aromatic carbocycles. The van der Waals surface area contributed by atoms with Gasteiger partial charge in [0, 0.05) is 29.8 Å². The maximum absolute atomic E-state index is 10.7. The lowest BCUT2D eigenvalue weighted by Gasteiger charge is -2.05. The highest BCUT2D eigenvalue weighted by Gasteiger charge is 1.97. The summed E-state index contributed by atoms with van der Waals surface area (Å²) in [7, 11) is 0. The van der Waals surface area contributed by atoms with Crippen LogP contribution in [0.1, 0.15) is 13.3 Å². The SMILES string of the molecule is CC(=O)C=C(O)CCNc1cccc(Cl)c1. The van der Waals surface area contributed by atoms with Crippen LogP contribution in [0.3, 0.4) is 0 Å². The second-order valence-electron chi connectivity index (χ2n) is 3.43. The molecule has 0 bridgehead atoms. The van der Waals surface area contributed by atoms with Crippen LogP contribution in [0.2, 0.25) is 5.02 Å². The molecule has 3 nitrogen and oxygen atoms in total. The lowest BCUT2D eigenvalue weighted by molar-refractivity contribution is -0.112. The maximum Gasteiger partial charge on any atom is 0.155 e. The molecule has 1 aromatic rings. The average Bonchev–Trinajstić information content (AvgIpc) is 2.16. The summed E-state index contributed by atoms with van der Waals surface area (Å²) in [6.07, 6.45) is 1.63.